The molecule has 33 heavy (non-hydrogen) atoms. The van der Waals surface area contributed by atoms with Crippen LogP contribution in [0.1, 0.15) is 18.5 Å². The number of anilines is 2. The van der Waals surface area contributed by atoms with Crippen molar-refractivity contribution in [3.8, 4) is 11.4 Å². The monoisotopic (exact) mass is 460 g/mol. The number of nitrogens with zero attached hydrogens (tertiary/aromatic N) is 4. The first-order valence-corrected chi connectivity index (χ1v) is 10.5. The van der Waals surface area contributed by atoms with Crippen LogP contribution in [0.25, 0.3) is 11.4 Å². The van der Waals surface area contributed by atoms with Crippen LogP contribution < -0.4 is 10.6 Å². The van der Waals surface area contributed by atoms with Gasteiger partial charge >= 0.3 is 0 Å². The zero-order chi connectivity index (χ0) is 22.9. The number of carbonyl (C=O) groups is 1. The first kappa shape index (κ1) is 20.8. The second kappa shape index (κ2) is 8.48. The Kier molecular flexibility index (Phi) is 5.35. The van der Waals surface area contributed by atoms with Crippen LogP contribution >= 0.6 is 11.6 Å². The quantitative estimate of drug-likeness (QED) is 0.444. The van der Waals surface area contributed by atoms with Gasteiger partial charge in [-0.15, -0.1) is 5.10 Å². The molecule has 0 saturated heterocycles. The minimum Gasteiger partial charge on any atom is -0.328 e. The fraction of sp³-hybridized carbons (Fsp3) is 0.0833. The van der Waals surface area contributed by atoms with E-state index in [0.29, 0.717) is 39.3 Å². The van der Waals surface area contributed by atoms with Gasteiger partial charge in [-0.25, -0.2) is 9.07 Å². The van der Waals surface area contributed by atoms with Gasteiger partial charge in [0.2, 0.25) is 5.95 Å². The lowest BCUT2D eigenvalue weighted by Crippen LogP contribution is -2.31. The summed E-state index contributed by atoms with van der Waals surface area (Å²) in [5.74, 6) is 0.257. The number of halogens is 2. The van der Waals surface area contributed by atoms with Crippen LogP contribution in [0.5, 0.6) is 0 Å². The predicted octanol–water partition coefficient (Wildman–Crippen LogP) is 5.06. The molecular weight excluding hydrogens is 443 g/mol. The lowest BCUT2D eigenvalue weighted by molar-refractivity contribution is -0.113. The van der Waals surface area contributed by atoms with E-state index in [2.05, 4.69) is 25.7 Å². The number of amides is 1. The lowest BCUT2D eigenvalue weighted by Gasteiger charge is -2.28. The molecule has 164 valence electrons. The van der Waals surface area contributed by atoms with Crippen LogP contribution in [0.15, 0.2) is 84.3 Å². The van der Waals surface area contributed by atoms with E-state index in [9.17, 15) is 9.18 Å². The Morgan fingerprint density at radius 1 is 1.12 bits per heavy atom. The van der Waals surface area contributed by atoms with E-state index < -0.39 is 6.04 Å². The highest BCUT2D eigenvalue weighted by molar-refractivity contribution is 6.30. The predicted molar refractivity (Wildman–Crippen MR) is 124 cm³/mol. The van der Waals surface area contributed by atoms with E-state index in [1.165, 1.54) is 12.1 Å². The summed E-state index contributed by atoms with van der Waals surface area (Å²) in [6, 6.07) is 16.1. The Morgan fingerprint density at radius 3 is 2.58 bits per heavy atom. The maximum atomic E-state index is 13.4. The van der Waals surface area contributed by atoms with E-state index in [1.807, 2.05) is 19.1 Å². The molecular formula is C24H18ClFN6O. The Hall–Kier alpha value is -4.04. The zero-order valence-corrected chi connectivity index (χ0v) is 18.2. The minimum atomic E-state index is -0.558. The third kappa shape index (κ3) is 4.08. The second-order valence-corrected chi connectivity index (χ2v) is 7.96. The van der Waals surface area contributed by atoms with E-state index in [1.54, 1.807) is 53.5 Å². The molecule has 0 aliphatic carbocycles. The highest BCUT2D eigenvalue weighted by Crippen LogP contribution is 2.37. The second-order valence-electron chi connectivity index (χ2n) is 7.52. The van der Waals surface area contributed by atoms with Crippen molar-refractivity contribution in [1.29, 1.82) is 0 Å². The van der Waals surface area contributed by atoms with Gasteiger partial charge in [0.15, 0.2) is 5.82 Å². The van der Waals surface area contributed by atoms with Gasteiger partial charge < -0.3 is 10.6 Å². The van der Waals surface area contributed by atoms with Crippen molar-refractivity contribution in [3.63, 3.8) is 0 Å². The van der Waals surface area contributed by atoms with Gasteiger partial charge in [0.05, 0.1) is 17.5 Å². The summed E-state index contributed by atoms with van der Waals surface area (Å²) < 4.78 is 15.1. The van der Waals surface area contributed by atoms with Crippen molar-refractivity contribution in [2.75, 3.05) is 10.6 Å². The number of hydrogen-bond donors (Lipinski definition) is 2. The van der Waals surface area contributed by atoms with E-state index >= 15 is 0 Å². The van der Waals surface area contributed by atoms with Crippen LogP contribution in [0.3, 0.4) is 0 Å². The molecule has 4 aromatic rings. The van der Waals surface area contributed by atoms with Crippen molar-refractivity contribution in [3.05, 3.63) is 101 Å². The van der Waals surface area contributed by atoms with Crippen molar-refractivity contribution in [2.24, 2.45) is 0 Å². The van der Waals surface area contributed by atoms with Crippen LogP contribution in [-0.2, 0) is 4.79 Å². The molecule has 1 unspecified atom stereocenters. The summed E-state index contributed by atoms with van der Waals surface area (Å²) >= 11 is 6.11. The Balaban J connectivity index is 1.60. The standard InChI is InChI=1S/C24H18ClFN6O/c1-14-20(23(33)29-19-3-2-12-27-13-19)21(15-4-8-17(25)9-5-15)32-24(28-14)30-22(31-32)16-6-10-18(26)11-7-16/h2-13,21H,1H3,(H,29,33)(H,28,30,31). The fourth-order valence-electron chi connectivity index (χ4n) is 3.75. The summed E-state index contributed by atoms with van der Waals surface area (Å²) in [4.78, 5) is 22.0. The van der Waals surface area contributed by atoms with Gasteiger partial charge in [-0.1, -0.05) is 23.7 Å². The minimum absolute atomic E-state index is 0.294. The molecule has 0 saturated carbocycles. The van der Waals surface area contributed by atoms with E-state index in [4.69, 9.17) is 11.6 Å². The maximum absolute atomic E-state index is 13.4. The molecule has 7 nitrogen and oxygen atoms in total. The molecule has 2 N–H and O–H groups in total. The maximum Gasteiger partial charge on any atom is 0.255 e. The van der Waals surface area contributed by atoms with Gasteiger partial charge in [-0.2, -0.15) is 4.98 Å². The molecule has 5 rings (SSSR count). The van der Waals surface area contributed by atoms with Gasteiger partial charge in [0.1, 0.15) is 11.9 Å². The number of carbonyl (C=O) groups excluding carboxylic acids is 1. The molecule has 3 heterocycles. The summed E-state index contributed by atoms with van der Waals surface area (Å²) in [5.41, 5.74) is 3.17. The largest absolute Gasteiger partial charge is 0.328 e. The topological polar surface area (TPSA) is 84.7 Å². The number of aromatic nitrogens is 4. The molecule has 2 aromatic heterocycles. The molecule has 1 amide bonds. The van der Waals surface area contributed by atoms with Crippen molar-refractivity contribution < 1.29 is 9.18 Å². The van der Waals surface area contributed by atoms with Gasteiger partial charge in [0.25, 0.3) is 5.91 Å². The third-order valence-corrected chi connectivity index (χ3v) is 5.56. The van der Waals surface area contributed by atoms with Crippen LogP contribution in [0.2, 0.25) is 5.02 Å². The SMILES string of the molecule is CC1=C(C(=O)Nc2cccnc2)C(c2ccc(Cl)cc2)n2nc(-c3ccc(F)cc3)nc2N1. The average molecular weight is 461 g/mol. The number of pyridine rings is 1. The summed E-state index contributed by atoms with van der Waals surface area (Å²) in [5, 5.41) is 11.3. The highest BCUT2D eigenvalue weighted by Gasteiger charge is 2.34. The zero-order valence-electron chi connectivity index (χ0n) is 17.5. The van der Waals surface area contributed by atoms with E-state index in [-0.39, 0.29) is 11.7 Å². The van der Waals surface area contributed by atoms with Gasteiger partial charge in [-0.05, 0) is 61.0 Å². The lowest BCUT2D eigenvalue weighted by atomic mass is 9.95. The normalized spacial score (nSPS) is 15.1. The molecule has 0 fully saturated rings. The Bertz CT molecular complexity index is 1350. The van der Waals surface area contributed by atoms with E-state index in [0.717, 1.165) is 5.56 Å². The Morgan fingerprint density at radius 2 is 1.88 bits per heavy atom. The average Bonchev–Trinajstić information content (AvgIpc) is 3.23. The number of benzene rings is 2. The van der Waals surface area contributed by atoms with Crippen molar-refractivity contribution in [1.82, 2.24) is 19.7 Å². The molecule has 0 bridgehead atoms. The third-order valence-electron chi connectivity index (χ3n) is 5.30. The smallest absolute Gasteiger partial charge is 0.255 e. The first-order chi connectivity index (χ1) is 16.0. The summed E-state index contributed by atoms with van der Waals surface area (Å²) in [6.07, 6.45) is 3.21. The van der Waals surface area contributed by atoms with Crippen molar-refractivity contribution >= 4 is 29.1 Å². The molecule has 2 aromatic carbocycles. The number of rotatable bonds is 4. The van der Waals surface area contributed by atoms with Crippen molar-refractivity contribution in [2.45, 2.75) is 13.0 Å². The highest BCUT2D eigenvalue weighted by atomic mass is 35.5. The Labute approximate surface area is 194 Å². The molecule has 0 radical (unpaired) electrons. The molecule has 9 heteroatoms. The van der Waals surface area contributed by atoms with Gasteiger partial charge in [-0.3, -0.25) is 9.78 Å². The van der Waals surface area contributed by atoms with Crippen LogP contribution in [0.4, 0.5) is 16.0 Å². The van der Waals surface area contributed by atoms with Gasteiger partial charge in [0, 0.05) is 22.5 Å². The number of allylic oxidation sites excluding steroid dienone is 1. The molecule has 1 aliphatic rings. The fourth-order valence-corrected chi connectivity index (χ4v) is 3.88. The molecule has 0 spiro atoms. The first-order valence-electron chi connectivity index (χ1n) is 10.2. The summed E-state index contributed by atoms with van der Waals surface area (Å²) in [6.45, 7) is 1.82. The van der Waals surface area contributed by atoms with Crippen LogP contribution in [-0.4, -0.2) is 25.7 Å². The number of fused-ring (bicyclic) bond motifs is 1. The molecule has 1 atom stereocenters. The number of hydrogen-bond acceptors (Lipinski definition) is 5. The summed E-state index contributed by atoms with van der Waals surface area (Å²) in [7, 11) is 0. The molecule has 1 aliphatic heterocycles. The van der Waals surface area contributed by atoms with Crippen LogP contribution in [0, 0.1) is 5.82 Å². The number of nitrogens with one attached hydrogen (secondary N) is 2.